The van der Waals surface area contributed by atoms with E-state index in [-0.39, 0.29) is 30.8 Å². The van der Waals surface area contributed by atoms with Crippen LogP contribution in [0.25, 0.3) is 0 Å². The second kappa shape index (κ2) is 11.5. The standard InChI is InChI=1S/C20H23F2N5O4/c1-2-3-15(26-18(28)8-12-6-13(21)9-14(22)7-12)20(31)27-17-11-24-16(10-25-17)23-5-4-19(29)30/h6-7,9-11,15H,2-5,8H2,1H3,(H,23,24)(H,26,28)(H,29,30)(H,25,27,31). The Bertz CT molecular complexity index is 904. The summed E-state index contributed by atoms with van der Waals surface area (Å²) in [7, 11) is 0. The largest absolute Gasteiger partial charge is 0.481 e. The number of carbonyl (C=O) groups excluding carboxylic acids is 2. The molecule has 0 aliphatic carbocycles. The summed E-state index contributed by atoms with van der Waals surface area (Å²) in [6.45, 7) is 2.02. The quantitative estimate of drug-likeness (QED) is 0.425. The number of carboxylic acids is 1. The summed E-state index contributed by atoms with van der Waals surface area (Å²) in [6.07, 6.45) is 3.21. The van der Waals surface area contributed by atoms with Crippen LogP contribution in [0.15, 0.2) is 30.6 Å². The van der Waals surface area contributed by atoms with Crippen molar-refractivity contribution in [2.24, 2.45) is 0 Å². The van der Waals surface area contributed by atoms with Crippen LogP contribution in [0.1, 0.15) is 31.7 Å². The van der Waals surface area contributed by atoms with Crippen molar-refractivity contribution in [2.75, 3.05) is 17.2 Å². The number of nitrogens with zero attached hydrogens (tertiary/aromatic N) is 2. The van der Waals surface area contributed by atoms with Gasteiger partial charge in [0, 0.05) is 12.6 Å². The summed E-state index contributed by atoms with van der Waals surface area (Å²) < 4.78 is 26.6. The van der Waals surface area contributed by atoms with Crippen LogP contribution in [-0.4, -0.2) is 45.4 Å². The molecule has 2 amide bonds. The zero-order valence-electron chi connectivity index (χ0n) is 16.8. The zero-order valence-corrected chi connectivity index (χ0v) is 16.8. The van der Waals surface area contributed by atoms with E-state index in [1.54, 1.807) is 0 Å². The van der Waals surface area contributed by atoms with E-state index in [1.807, 2.05) is 6.92 Å². The minimum atomic E-state index is -0.948. The number of rotatable bonds is 11. The molecule has 1 atom stereocenters. The first-order chi connectivity index (χ1) is 14.8. The molecule has 1 aromatic heterocycles. The van der Waals surface area contributed by atoms with Crippen molar-refractivity contribution in [3.63, 3.8) is 0 Å². The molecule has 0 radical (unpaired) electrons. The van der Waals surface area contributed by atoms with Gasteiger partial charge in [0.1, 0.15) is 23.5 Å². The molecule has 0 saturated carbocycles. The number of anilines is 2. The maximum Gasteiger partial charge on any atom is 0.305 e. The van der Waals surface area contributed by atoms with Crippen LogP contribution < -0.4 is 16.0 Å². The van der Waals surface area contributed by atoms with Gasteiger partial charge < -0.3 is 21.1 Å². The summed E-state index contributed by atoms with van der Waals surface area (Å²) in [5.74, 6) is -3.09. The molecule has 2 rings (SSSR count). The SMILES string of the molecule is CCCC(NC(=O)Cc1cc(F)cc(F)c1)C(=O)Nc1cnc(NCCC(=O)O)cn1. The third-order valence-electron chi connectivity index (χ3n) is 4.06. The fourth-order valence-electron chi connectivity index (χ4n) is 2.70. The molecule has 0 fully saturated rings. The Morgan fingerprint density at radius 2 is 1.71 bits per heavy atom. The van der Waals surface area contributed by atoms with E-state index in [2.05, 4.69) is 25.9 Å². The number of amides is 2. The summed E-state index contributed by atoms with van der Waals surface area (Å²) in [5.41, 5.74) is 0.155. The van der Waals surface area contributed by atoms with Gasteiger partial charge >= 0.3 is 5.97 Å². The molecule has 1 aromatic carbocycles. The maximum atomic E-state index is 13.3. The third-order valence-corrected chi connectivity index (χ3v) is 4.06. The predicted octanol–water partition coefficient (Wildman–Crippen LogP) is 2.11. The molecule has 0 aliphatic rings. The summed E-state index contributed by atoms with van der Waals surface area (Å²) in [4.78, 5) is 43.3. The molecule has 0 saturated heterocycles. The zero-order chi connectivity index (χ0) is 22.8. The highest BCUT2D eigenvalue weighted by Gasteiger charge is 2.21. The van der Waals surface area contributed by atoms with E-state index >= 15 is 0 Å². The number of nitrogens with one attached hydrogen (secondary N) is 3. The lowest BCUT2D eigenvalue weighted by Crippen LogP contribution is -2.44. The first kappa shape index (κ1) is 23.6. The van der Waals surface area contributed by atoms with Crippen LogP contribution in [0, 0.1) is 11.6 Å². The Morgan fingerprint density at radius 3 is 2.29 bits per heavy atom. The summed E-state index contributed by atoms with van der Waals surface area (Å²) in [6, 6.07) is 1.95. The average Bonchev–Trinajstić information content (AvgIpc) is 2.68. The molecule has 166 valence electrons. The highest BCUT2D eigenvalue weighted by molar-refractivity contribution is 5.96. The Hall–Kier alpha value is -3.63. The minimum absolute atomic E-state index is 0.0825. The first-order valence-corrected chi connectivity index (χ1v) is 9.59. The molecule has 31 heavy (non-hydrogen) atoms. The topological polar surface area (TPSA) is 133 Å². The van der Waals surface area contributed by atoms with Crippen molar-refractivity contribution in [2.45, 2.75) is 38.6 Å². The van der Waals surface area contributed by atoms with Crippen molar-refractivity contribution in [3.05, 3.63) is 47.8 Å². The van der Waals surface area contributed by atoms with E-state index in [4.69, 9.17) is 5.11 Å². The molecule has 4 N–H and O–H groups in total. The fraction of sp³-hybridized carbons (Fsp3) is 0.350. The number of aromatic nitrogens is 2. The average molecular weight is 435 g/mol. The van der Waals surface area contributed by atoms with Crippen LogP contribution in [0.5, 0.6) is 0 Å². The molecule has 0 aliphatic heterocycles. The van der Waals surface area contributed by atoms with Gasteiger partial charge in [-0.25, -0.2) is 18.7 Å². The monoisotopic (exact) mass is 435 g/mol. The van der Waals surface area contributed by atoms with Crippen LogP contribution >= 0.6 is 0 Å². The van der Waals surface area contributed by atoms with Gasteiger partial charge in [0.25, 0.3) is 0 Å². The molecular formula is C20H23F2N5O4. The number of carboxylic acid groups (broad SMARTS) is 1. The van der Waals surface area contributed by atoms with E-state index in [0.717, 1.165) is 12.1 Å². The van der Waals surface area contributed by atoms with Crippen LogP contribution in [0.3, 0.4) is 0 Å². The van der Waals surface area contributed by atoms with Crippen molar-refractivity contribution < 1.29 is 28.3 Å². The van der Waals surface area contributed by atoms with E-state index in [0.29, 0.717) is 24.7 Å². The number of halogens is 2. The van der Waals surface area contributed by atoms with Gasteiger partial charge in [0.2, 0.25) is 11.8 Å². The van der Waals surface area contributed by atoms with Crippen LogP contribution in [-0.2, 0) is 20.8 Å². The van der Waals surface area contributed by atoms with Gasteiger partial charge in [-0.15, -0.1) is 0 Å². The molecule has 0 bridgehead atoms. The summed E-state index contributed by atoms with van der Waals surface area (Å²) in [5, 5.41) is 16.5. The smallest absolute Gasteiger partial charge is 0.305 e. The lowest BCUT2D eigenvalue weighted by Gasteiger charge is -2.17. The lowest BCUT2D eigenvalue weighted by atomic mass is 10.1. The Balaban J connectivity index is 1.93. The number of aliphatic carboxylic acids is 1. The number of benzene rings is 1. The molecule has 0 spiro atoms. The molecule has 1 heterocycles. The first-order valence-electron chi connectivity index (χ1n) is 9.59. The van der Waals surface area contributed by atoms with Crippen molar-refractivity contribution in [1.29, 1.82) is 0 Å². The molecule has 9 nitrogen and oxygen atoms in total. The van der Waals surface area contributed by atoms with E-state index < -0.39 is 35.5 Å². The van der Waals surface area contributed by atoms with E-state index in [9.17, 15) is 23.2 Å². The Labute approximate surface area is 177 Å². The Morgan fingerprint density at radius 1 is 1.06 bits per heavy atom. The van der Waals surface area contributed by atoms with Crippen molar-refractivity contribution in [1.82, 2.24) is 15.3 Å². The maximum absolute atomic E-state index is 13.3. The normalized spacial score (nSPS) is 11.5. The van der Waals surface area contributed by atoms with Crippen molar-refractivity contribution >= 4 is 29.4 Å². The number of hydrogen-bond acceptors (Lipinski definition) is 6. The molecule has 1 unspecified atom stereocenters. The second-order valence-electron chi connectivity index (χ2n) is 6.71. The fourth-order valence-corrected chi connectivity index (χ4v) is 2.70. The molecule has 11 heteroatoms. The van der Waals surface area contributed by atoms with Gasteiger partial charge in [-0.2, -0.15) is 0 Å². The molecule has 2 aromatic rings. The van der Waals surface area contributed by atoms with E-state index in [1.165, 1.54) is 12.4 Å². The second-order valence-corrected chi connectivity index (χ2v) is 6.71. The number of carbonyl (C=O) groups is 3. The van der Waals surface area contributed by atoms with Crippen LogP contribution in [0.4, 0.5) is 20.4 Å². The highest BCUT2D eigenvalue weighted by Crippen LogP contribution is 2.10. The molecular weight excluding hydrogens is 412 g/mol. The van der Waals surface area contributed by atoms with Gasteiger partial charge in [0.15, 0.2) is 5.82 Å². The van der Waals surface area contributed by atoms with Gasteiger partial charge in [-0.3, -0.25) is 14.4 Å². The summed E-state index contributed by atoms with van der Waals surface area (Å²) >= 11 is 0. The minimum Gasteiger partial charge on any atom is -0.481 e. The third kappa shape index (κ3) is 8.33. The van der Waals surface area contributed by atoms with Crippen LogP contribution in [0.2, 0.25) is 0 Å². The number of hydrogen-bond donors (Lipinski definition) is 4. The van der Waals surface area contributed by atoms with Gasteiger partial charge in [0.05, 0.1) is 25.2 Å². The van der Waals surface area contributed by atoms with Gasteiger partial charge in [-0.1, -0.05) is 13.3 Å². The van der Waals surface area contributed by atoms with Crippen molar-refractivity contribution in [3.8, 4) is 0 Å². The predicted molar refractivity (Wildman–Crippen MR) is 108 cm³/mol. The lowest BCUT2D eigenvalue weighted by molar-refractivity contribution is -0.136. The highest BCUT2D eigenvalue weighted by atomic mass is 19.1. The Kier molecular flexibility index (Phi) is 8.79. The van der Waals surface area contributed by atoms with Gasteiger partial charge in [-0.05, 0) is 24.1 Å².